The van der Waals surface area contributed by atoms with Gasteiger partial charge in [-0.2, -0.15) is 0 Å². The third-order valence-electron chi connectivity index (χ3n) is 3.15. The van der Waals surface area contributed by atoms with E-state index in [1.165, 1.54) is 22.3 Å². The quantitative estimate of drug-likeness (QED) is 0.644. The highest BCUT2D eigenvalue weighted by atomic mass is 14.7. The van der Waals surface area contributed by atoms with Crippen molar-refractivity contribution in [1.82, 2.24) is 0 Å². The molecular weight excluding hydrogens is 158 g/mol. The number of fused-ring (bicyclic) bond motifs is 1. The fourth-order valence-corrected chi connectivity index (χ4v) is 2.36. The van der Waals surface area contributed by atoms with Gasteiger partial charge in [-0.05, 0) is 42.9 Å². The van der Waals surface area contributed by atoms with Gasteiger partial charge in [-0.15, -0.1) is 0 Å². The van der Waals surface area contributed by atoms with E-state index in [1.54, 1.807) is 0 Å². The molecule has 0 amide bonds. The van der Waals surface area contributed by atoms with Crippen molar-refractivity contribution < 1.29 is 0 Å². The first-order valence-electron chi connectivity index (χ1n) is 4.95. The third kappa shape index (κ3) is 1.28. The summed E-state index contributed by atoms with van der Waals surface area (Å²) in [6, 6.07) is 4.76. The molecule has 0 saturated heterocycles. The lowest BCUT2D eigenvalue weighted by atomic mass is 10.0. The highest BCUT2D eigenvalue weighted by Gasteiger charge is 2.27. The van der Waals surface area contributed by atoms with Crippen LogP contribution in [0.15, 0.2) is 12.1 Å². The summed E-state index contributed by atoms with van der Waals surface area (Å²) in [5.74, 6) is 0.607. The van der Waals surface area contributed by atoms with Crippen LogP contribution in [0.5, 0.6) is 0 Å². The van der Waals surface area contributed by atoms with Crippen molar-refractivity contribution in [2.24, 2.45) is 11.7 Å². The molecule has 0 aromatic heterocycles. The molecule has 1 heteroatoms. The highest BCUT2D eigenvalue weighted by molar-refractivity contribution is 5.43. The van der Waals surface area contributed by atoms with Gasteiger partial charge in [0, 0.05) is 6.04 Å². The second-order valence-corrected chi connectivity index (χ2v) is 4.36. The molecule has 70 valence electrons. The Hall–Kier alpha value is -0.820. The molecule has 0 unspecified atom stereocenters. The maximum Gasteiger partial charge on any atom is 0.0326 e. The van der Waals surface area contributed by atoms with Gasteiger partial charge in [-0.3, -0.25) is 0 Å². The van der Waals surface area contributed by atoms with Gasteiger partial charge in [0.15, 0.2) is 0 Å². The normalized spacial score (nSPS) is 26.2. The van der Waals surface area contributed by atoms with Gasteiger partial charge in [0.25, 0.3) is 0 Å². The van der Waals surface area contributed by atoms with Gasteiger partial charge in [0.1, 0.15) is 0 Å². The molecule has 13 heavy (non-hydrogen) atoms. The van der Waals surface area contributed by atoms with E-state index < -0.39 is 0 Å². The molecule has 2 N–H and O–H groups in total. The van der Waals surface area contributed by atoms with Crippen LogP contribution in [-0.2, 0) is 6.42 Å². The molecule has 1 aromatic rings. The number of hydrogen-bond donors (Lipinski definition) is 1. The molecule has 1 aliphatic rings. The van der Waals surface area contributed by atoms with E-state index in [0.29, 0.717) is 5.92 Å². The first-order valence-corrected chi connectivity index (χ1v) is 4.95. The summed E-state index contributed by atoms with van der Waals surface area (Å²) in [5, 5.41) is 0. The predicted molar refractivity (Wildman–Crippen MR) is 55.7 cm³/mol. The van der Waals surface area contributed by atoms with Crippen LogP contribution < -0.4 is 5.73 Å². The van der Waals surface area contributed by atoms with Crippen molar-refractivity contribution in [2.45, 2.75) is 33.2 Å². The van der Waals surface area contributed by atoms with Crippen molar-refractivity contribution >= 4 is 0 Å². The Balaban J connectivity index is 2.57. The van der Waals surface area contributed by atoms with Crippen LogP contribution in [0.3, 0.4) is 0 Å². The summed E-state index contributed by atoms with van der Waals surface area (Å²) in [5.41, 5.74) is 11.7. The Labute approximate surface area is 80.0 Å². The second-order valence-electron chi connectivity index (χ2n) is 4.36. The standard InChI is InChI=1S/C12H17N/c1-7-4-8(2)10-6-9(3)12(13)11(10)5-7/h4-5,9,12H,6,13H2,1-3H3/t9-,12-/m0/s1. The van der Waals surface area contributed by atoms with Crippen molar-refractivity contribution in [3.05, 3.63) is 34.4 Å². The maximum atomic E-state index is 6.13. The first-order chi connectivity index (χ1) is 6.09. The molecule has 2 rings (SSSR count). The van der Waals surface area contributed by atoms with Crippen LogP contribution in [0.4, 0.5) is 0 Å². The predicted octanol–water partition coefficient (Wildman–Crippen LogP) is 2.50. The Kier molecular flexibility index (Phi) is 1.92. The number of benzene rings is 1. The zero-order valence-electron chi connectivity index (χ0n) is 8.59. The average Bonchev–Trinajstić information content (AvgIpc) is 2.32. The molecule has 0 radical (unpaired) electrons. The zero-order valence-corrected chi connectivity index (χ0v) is 8.59. The number of aryl methyl sites for hydroxylation is 2. The molecular formula is C12H17N. The first kappa shape index (κ1) is 8.76. The highest BCUT2D eigenvalue weighted by Crippen LogP contribution is 2.36. The summed E-state index contributed by atoms with van der Waals surface area (Å²) in [6.45, 7) is 6.57. The molecule has 1 aromatic carbocycles. The van der Waals surface area contributed by atoms with Gasteiger partial charge in [0.05, 0.1) is 0 Å². The summed E-state index contributed by atoms with van der Waals surface area (Å²) in [4.78, 5) is 0. The largest absolute Gasteiger partial charge is 0.324 e. The fourth-order valence-electron chi connectivity index (χ4n) is 2.36. The molecule has 0 aliphatic heterocycles. The minimum absolute atomic E-state index is 0.258. The smallest absolute Gasteiger partial charge is 0.0326 e. The Morgan fingerprint density at radius 1 is 1.31 bits per heavy atom. The number of nitrogens with two attached hydrogens (primary N) is 1. The minimum atomic E-state index is 0.258. The van der Waals surface area contributed by atoms with Crippen LogP contribution in [0, 0.1) is 19.8 Å². The van der Waals surface area contributed by atoms with Gasteiger partial charge in [-0.1, -0.05) is 24.6 Å². The van der Waals surface area contributed by atoms with E-state index in [2.05, 4.69) is 32.9 Å². The van der Waals surface area contributed by atoms with Crippen molar-refractivity contribution in [1.29, 1.82) is 0 Å². The van der Waals surface area contributed by atoms with Crippen LogP contribution in [-0.4, -0.2) is 0 Å². The van der Waals surface area contributed by atoms with E-state index in [-0.39, 0.29) is 6.04 Å². The minimum Gasteiger partial charge on any atom is -0.324 e. The van der Waals surface area contributed by atoms with Crippen LogP contribution in [0.1, 0.15) is 35.2 Å². The van der Waals surface area contributed by atoms with Crippen molar-refractivity contribution in [2.75, 3.05) is 0 Å². The second kappa shape index (κ2) is 2.85. The SMILES string of the molecule is Cc1cc(C)c2c(c1)[C@@H](N)[C@@H](C)C2. The van der Waals surface area contributed by atoms with Crippen LogP contribution >= 0.6 is 0 Å². The molecule has 2 atom stereocenters. The van der Waals surface area contributed by atoms with Gasteiger partial charge in [0.2, 0.25) is 0 Å². The molecule has 0 spiro atoms. The van der Waals surface area contributed by atoms with E-state index >= 15 is 0 Å². The zero-order chi connectivity index (χ0) is 9.59. The lowest BCUT2D eigenvalue weighted by Crippen LogP contribution is -2.13. The van der Waals surface area contributed by atoms with Gasteiger partial charge < -0.3 is 5.73 Å². The summed E-state index contributed by atoms with van der Waals surface area (Å²) < 4.78 is 0. The van der Waals surface area contributed by atoms with Gasteiger partial charge in [-0.25, -0.2) is 0 Å². The van der Waals surface area contributed by atoms with Crippen LogP contribution in [0.25, 0.3) is 0 Å². The fraction of sp³-hybridized carbons (Fsp3) is 0.500. The monoisotopic (exact) mass is 175 g/mol. The maximum absolute atomic E-state index is 6.13. The topological polar surface area (TPSA) is 26.0 Å². The lowest BCUT2D eigenvalue weighted by molar-refractivity contribution is 0.513. The van der Waals surface area contributed by atoms with Crippen LogP contribution in [0.2, 0.25) is 0 Å². The molecule has 0 bridgehead atoms. The van der Waals surface area contributed by atoms with E-state index in [1.807, 2.05) is 0 Å². The van der Waals surface area contributed by atoms with Gasteiger partial charge >= 0.3 is 0 Å². The molecule has 0 heterocycles. The molecule has 0 fully saturated rings. The average molecular weight is 175 g/mol. The van der Waals surface area contributed by atoms with Crippen molar-refractivity contribution in [3.63, 3.8) is 0 Å². The number of rotatable bonds is 0. The Bertz CT molecular complexity index is 341. The lowest BCUT2D eigenvalue weighted by Gasteiger charge is -2.10. The molecule has 0 saturated carbocycles. The Morgan fingerprint density at radius 3 is 2.69 bits per heavy atom. The number of hydrogen-bond acceptors (Lipinski definition) is 1. The summed E-state index contributed by atoms with van der Waals surface area (Å²) >= 11 is 0. The van der Waals surface area contributed by atoms with Crippen molar-refractivity contribution in [3.8, 4) is 0 Å². The summed E-state index contributed by atoms with van der Waals surface area (Å²) in [7, 11) is 0. The molecule has 1 aliphatic carbocycles. The third-order valence-corrected chi connectivity index (χ3v) is 3.15. The van der Waals surface area contributed by atoms with E-state index in [9.17, 15) is 0 Å². The van der Waals surface area contributed by atoms with E-state index in [4.69, 9.17) is 5.73 Å². The molecule has 1 nitrogen and oxygen atoms in total. The Morgan fingerprint density at radius 2 is 2.00 bits per heavy atom. The summed E-state index contributed by atoms with van der Waals surface area (Å²) in [6.07, 6.45) is 1.16. The van der Waals surface area contributed by atoms with E-state index in [0.717, 1.165) is 6.42 Å².